The fraction of sp³-hybridized carbons (Fsp3) is 0.214. The maximum absolute atomic E-state index is 9.70. The number of hydrogen-bond donors (Lipinski definition) is 1. The van der Waals surface area contributed by atoms with Crippen LogP contribution < -0.4 is 4.74 Å². The van der Waals surface area contributed by atoms with E-state index < -0.39 is 6.10 Å². The van der Waals surface area contributed by atoms with E-state index >= 15 is 0 Å². The first-order valence-corrected chi connectivity index (χ1v) is 5.73. The maximum atomic E-state index is 9.70. The molecule has 4 nitrogen and oxygen atoms in total. The molecule has 0 aliphatic rings. The van der Waals surface area contributed by atoms with Crippen LogP contribution in [0, 0.1) is 6.92 Å². The first kappa shape index (κ1) is 12.5. The normalized spacial score (nSPS) is 12.1. The highest BCUT2D eigenvalue weighted by Crippen LogP contribution is 2.21. The molecule has 1 heterocycles. The predicted molar refractivity (Wildman–Crippen MR) is 67.7 cm³/mol. The molecule has 0 spiro atoms. The molecule has 0 amide bonds. The maximum Gasteiger partial charge on any atom is 0.120 e. The van der Waals surface area contributed by atoms with Crippen LogP contribution >= 0.6 is 0 Å². The molecule has 2 rings (SSSR count). The number of nitrogens with zero attached hydrogens (tertiary/aromatic N) is 2. The number of benzene rings is 1. The zero-order valence-electron chi connectivity index (χ0n) is 9.99. The lowest BCUT2D eigenvalue weighted by Gasteiger charge is -2.11. The van der Waals surface area contributed by atoms with Crippen molar-refractivity contribution >= 4 is 0 Å². The van der Waals surface area contributed by atoms with Crippen molar-refractivity contribution in [1.29, 1.82) is 0 Å². The second-order valence-corrected chi connectivity index (χ2v) is 3.91. The van der Waals surface area contributed by atoms with Gasteiger partial charge < -0.3 is 9.84 Å². The first-order valence-electron chi connectivity index (χ1n) is 5.73. The molecule has 1 aromatic heterocycles. The Morgan fingerprint density at radius 1 is 1.28 bits per heavy atom. The van der Waals surface area contributed by atoms with Crippen LogP contribution in [-0.4, -0.2) is 15.1 Å². The lowest BCUT2D eigenvalue weighted by atomic mass is 10.1. The SMILES string of the molecule is [CH2]C[C@@H](O)c1cccc(OCc2cncnc2)c1. The number of aromatic nitrogens is 2. The van der Waals surface area contributed by atoms with Crippen LogP contribution in [0.5, 0.6) is 5.75 Å². The van der Waals surface area contributed by atoms with Gasteiger partial charge in [-0.1, -0.05) is 19.1 Å². The molecule has 2 aromatic rings. The number of aliphatic hydroxyl groups is 1. The summed E-state index contributed by atoms with van der Waals surface area (Å²) in [7, 11) is 0. The molecule has 4 heteroatoms. The molecule has 0 fully saturated rings. The minimum absolute atomic E-state index is 0.408. The Hall–Kier alpha value is -1.94. The van der Waals surface area contributed by atoms with Crippen molar-refractivity contribution in [2.75, 3.05) is 0 Å². The molecule has 0 aliphatic heterocycles. The minimum atomic E-state index is -0.548. The fourth-order valence-electron chi connectivity index (χ4n) is 1.55. The standard InChI is InChI=1S/C14H15N2O2/c1-2-14(17)12-4-3-5-13(6-12)18-9-11-7-15-10-16-8-11/h3-8,10,14,17H,1-2,9H2/t14-/m1/s1. The van der Waals surface area contributed by atoms with Crippen LogP contribution in [0.3, 0.4) is 0 Å². The van der Waals surface area contributed by atoms with E-state index in [0.29, 0.717) is 18.8 Å². The van der Waals surface area contributed by atoms with E-state index in [1.165, 1.54) is 6.33 Å². The van der Waals surface area contributed by atoms with Crippen molar-refractivity contribution in [2.24, 2.45) is 0 Å². The molecular formula is C14H15N2O2. The molecule has 93 valence electrons. The molecule has 0 unspecified atom stereocenters. The van der Waals surface area contributed by atoms with Gasteiger partial charge >= 0.3 is 0 Å². The van der Waals surface area contributed by atoms with E-state index in [4.69, 9.17) is 4.74 Å². The third-order valence-corrected chi connectivity index (χ3v) is 2.54. The topological polar surface area (TPSA) is 55.2 Å². The highest BCUT2D eigenvalue weighted by molar-refractivity contribution is 5.30. The highest BCUT2D eigenvalue weighted by Gasteiger charge is 2.05. The van der Waals surface area contributed by atoms with Gasteiger partial charge in [-0.05, 0) is 24.1 Å². The quantitative estimate of drug-likeness (QED) is 0.875. The van der Waals surface area contributed by atoms with E-state index in [2.05, 4.69) is 16.9 Å². The van der Waals surface area contributed by atoms with Crippen LogP contribution in [-0.2, 0) is 6.61 Å². The average Bonchev–Trinajstić information content (AvgIpc) is 2.45. The minimum Gasteiger partial charge on any atom is -0.489 e. The van der Waals surface area contributed by atoms with Gasteiger partial charge in [-0.15, -0.1) is 0 Å². The summed E-state index contributed by atoms with van der Waals surface area (Å²) in [6, 6.07) is 7.38. The molecule has 1 atom stereocenters. The Bertz CT molecular complexity index is 488. The van der Waals surface area contributed by atoms with Gasteiger partial charge in [0.2, 0.25) is 0 Å². The van der Waals surface area contributed by atoms with Gasteiger partial charge in [-0.2, -0.15) is 0 Å². The zero-order chi connectivity index (χ0) is 12.8. The monoisotopic (exact) mass is 243 g/mol. The number of ether oxygens (including phenoxy) is 1. The van der Waals surface area contributed by atoms with E-state index in [9.17, 15) is 5.11 Å². The first-order chi connectivity index (χ1) is 8.79. The molecule has 0 saturated carbocycles. The molecule has 1 aromatic carbocycles. The molecule has 18 heavy (non-hydrogen) atoms. The van der Waals surface area contributed by atoms with E-state index in [-0.39, 0.29) is 0 Å². The van der Waals surface area contributed by atoms with Crippen molar-refractivity contribution in [3.8, 4) is 5.75 Å². The van der Waals surface area contributed by atoms with E-state index in [0.717, 1.165) is 11.1 Å². The summed E-state index contributed by atoms with van der Waals surface area (Å²) in [5, 5.41) is 9.70. The average molecular weight is 243 g/mol. The Morgan fingerprint density at radius 3 is 2.78 bits per heavy atom. The summed E-state index contributed by atoms with van der Waals surface area (Å²) in [5.41, 5.74) is 1.72. The number of hydrogen-bond acceptors (Lipinski definition) is 4. The fourth-order valence-corrected chi connectivity index (χ4v) is 1.55. The molecule has 0 saturated heterocycles. The van der Waals surface area contributed by atoms with Gasteiger partial charge in [0, 0.05) is 18.0 Å². The van der Waals surface area contributed by atoms with Crippen molar-refractivity contribution in [3.05, 3.63) is 61.0 Å². The Labute approximate surface area is 106 Å². The predicted octanol–water partition coefficient (Wildman–Crippen LogP) is 2.31. The molecule has 1 N–H and O–H groups in total. The Kier molecular flexibility index (Phi) is 4.25. The second kappa shape index (κ2) is 6.12. The molecule has 1 radical (unpaired) electrons. The van der Waals surface area contributed by atoms with Crippen LogP contribution in [0.15, 0.2) is 43.0 Å². The van der Waals surface area contributed by atoms with Crippen LogP contribution in [0.25, 0.3) is 0 Å². The smallest absolute Gasteiger partial charge is 0.120 e. The Balaban J connectivity index is 2.01. The second-order valence-electron chi connectivity index (χ2n) is 3.91. The lowest BCUT2D eigenvalue weighted by molar-refractivity contribution is 0.180. The summed E-state index contributed by atoms with van der Waals surface area (Å²) in [5.74, 6) is 0.712. The summed E-state index contributed by atoms with van der Waals surface area (Å²) < 4.78 is 5.62. The number of rotatable bonds is 5. The summed E-state index contributed by atoms with van der Waals surface area (Å²) in [6.45, 7) is 4.09. The van der Waals surface area contributed by atoms with Gasteiger partial charge in [0.1, 0.15) is 18.7 Å². The zero-order valence-corrected chi connectivity index (χ0v) is 9.99. The third-order valence-electron chi connectivity index (χ3n) is 2.54. The molecule has 0 aliphatic carbocycles. The van der Waals surface area contributed by atoms with Crippen LogP contribution in [0.2, 0.25) is 0 Å². The largest absolute Gasteiger partial charge is 0.489 e. The number of aliphatic hydroxyl groups excluding tert-OH is 1. The summed E-state index contributed by atoms with van der Waals surface area (Å²) in [4.78, 5) is 7.83. The van der Waals surface area contributed by atoms with Gasteiger partial charge in [0.05, 0.1) is 6.10 Å². The van der Waals surface area contributed by atoms with Crippen molar-refractivity contribution < 1.29 is 9.84 Å². The van der Waals surface area contributed by atoms with Crippen molar-refractivity contribution in [2.45, 2.75) is 19.1 Å². The Morgan fingerprint density at radius 2 is 2.06 bits per heavy atom. The van der Waals surface area contributed by atoms with Crippen LogP contribution in [0.4, 0.5) is 0 Å². The van der Waals surface area contributed by atoms with Crippen molar-refractivity contribution in [1.82, 2.24) is 9.97 Å². The van der Waals surface area contributed by atoms with E-state index in [1.807, 2.05) is 24.3 Å². The molecule has 0 bridgehead atoms. The lowest BCUT2D eigenvalue weighted by Crippen LogP contribution is -1.99. The van der Waals surface area contributed by atoms with E-state index in [1.54, 1.807) is 12.4 Å². The third kappa shape index (κ3) is 3.28. The van der Waals surface area contributed by atoms with Gasteiger partial charge in [-0.25, -0.2) is 9.97 Å². The van der Waals surface area contributed by atoms with Crippen LogP contribution in [0.1, 0.15) is 23.7 Å². The van der Waals surface area contributed by atoms with Gasteiger partial charge in [0.25, 0.3) is 0 Å². The van der Waals surface area contributed by atoms with Gasteiger partial charge in [-0.3, -0.25) is 0 Å². The summed E-state index contributed by atoms with van der Waals surface area (Å²) in [6.07, 6.45) is 4.79. The highest BCUT2D eigenvalue weighted by atomic mass is 16.5. The molecular weight excluding hydrogens is 228 g/mol. The van der Waals surface area contributed by atoms with Crippen molar-refractivity contribution in [3.63, 3.8) is 0 Å². The summed E-state index contributed by atoms with van der Waals surface area (Å²) >= 11 is 0. The van der Waals surface area contributed by atoms with Gasteiger partial charge in [0.15, 0.2) is 0 Å².